The molecule has 2 fully saturated rings. The number of hydrogen-bond donors (Lipinski definition) is 3. The summed E-state index contributed by atoms with van der Waals surface area (Å²) in [6, 6.07) is 9.68. The largest absolute Gasteiger partial charge is 0.488 e. The van der Waals surface area contributed by atoms with Crippen LogP contribution < -0.4 is 10.1 Å². The average Bonchev–Trinajstić information content (AvgIpc) is 3.97. The number of likely N-dealkylation sites (tertiary alicyclic amines) is 2. The van der Waals surface area contributed by atoms with E-state index in [1.165, 1.54) is 7.11 Å². The van der Waals surface area contributed by atoms with Crippen LogP contribution in [0.5, 0.6) is 5.75 Å². The first kappa shape index (κ1) is 35.7. The van der Waals surface area contributed by atoms with Gasteiger partial charge in [0.2, 0.25) is 5.91 Å². The smallest absolute Gasteiger partial charge is 0.410 e. The van der Waals surface area contributed by atoms with Crippen LogP contribution in [0.25, 0.3) is 33.6 Å². The van der Waals surface area contributed by atoms with Crippen LogP contribution in [0.4, 0.5) is 9.59 Å². The third-order valence-corrected chi connectivity index (χ3v) is 11.1. The molecule has 13 heteroatoms. The lowest BCUT2D eigenvalue weighted by Crippen LogP contribution is -2.51. The number of ether oxygens (including phenoxy) is 3. The van der Waals surface area contributed by atoms with E-state index < -0.39 is 17.7 Å². The number of aromatic nitrogens is 4. The number of nitrogens with one attached hydrogen (secondary N) is 3. The third-order valence-electron chi connectivity index (χ3n) is 11.1. The second kappa shape index (κ2) is 13.8. The van der Waals surface area contributed by atoms with Crippen molar-refractivity contribution in [1.82, 2.24) is 35.1 Å². The van der Waals surface area contributed by atoms with E-state index in [9.17, 15) is 14.4 Å². The predicted molar refractivity (Wildman–Crippen MR) is 202 cm³/mol. The molecule has 2 aromatic heterocycles. The van der Waals surface area contributed by atoms with Gasteiger partial charge >= 0.3 is 12.2 Å². The molecule has 54 heavy (non-hydrogen) atoms. The summed E-state index contributed by atoms with van der Waals surface area (Å²) in [5.74, 6) is 2.23. The standard InChI is InChI=1S/C41H49N7O6/c1-22(2)33(46-39(50)52-6)38(49)47-17-7-10-32(47)37-43-29-16-15-28-26(34(29)45-37)13-14-27-25-12-11-23(19-24(25)21-53-35(27)28)30-20-42-36(44-30)31-9-8-18-48(31)40(51)54-41(3,4)5/h11-14,19-20,22,31-33H,7-10,15-18,21H2,1-6H3,(H,42,44)(H,43,45)(H,46,50)/t31-,32-,33-/m0/s1. The number of benzene rings is 2. The molecule has 2 saturated heterocycles. The fraction of sp³-hybridized carbons (Fsp3) is 0.488. The van der Waals surface area contributed by atoms with Crippen molar-refractivity contribution in [1.29, 1.82) is 0 Å². The molecule has 3 N–H and O–H groups in total. The number of imidazole rings is 2. The number of nitrogens with zero attached hydrogens (tertiary/aromatic N) is 4. The van der Waals surface area contributed by atoms with Gasteiger partial charge in [-0.3, -0.25) is 9.69 Å². The number of carbonyl (C=O) groups is 3. The van der Waals surface area contributed by atoms with E-state index in [0.29, 0.717) is 19.7 Å². The number of aromatic amines is 2. The monoisotopic (exact) mass is 735 g/mol. The Morgan fingerprint density at radius 1 is 0.944 bits per heavy atom. The van der Waals surface area contributed by atoms with Gasteiger partial charge in [0.25, 0.3) is 0 Å². The fourth-order valence-electron chi connectivity index (χ4n) is 8.44. The Kier molecular flexibility index (Phi) is 9.13. The lowest BCUT2D eigenvalue weighted by molar-refractivity contribution is -0.135. The minimum Gasteiger partial charge on any atom is -0.488 e. The fourth-order valence-corrected chi connectivity index (χ4v) is 8.44. The van der Waals surface area contributed by atoms with Crippen molar-refractivity contribution >= 4 is 18.1 Å². The molecule has 3 amide bonds. The van der Waals surface area contributed by atoms with E-state index in [-0.39, 0.29) is 30.0 Å². The molecule has 3 aliphatic heterocycles. The highest BCUT2D eigenvalue weighted by molar-refractivity contribution is 5.87. The Morgan fingerprint density at radius 3 is 2.41 bits per heavy atom. The van der Waals surface area contributed by atoms with E-state index in [4.69, 9.17) is 24.2 Å². The van der Waals surface area contributed by atoms with E-state index >= 15 is 0 Å². The van der Waals surface area contributed by atoms with Gasteiger partial charge in [0.1, 0.15) is 35.6 Å². The SMILES string of the molecule is COC(=O)N[C@H](C(=O)N1CCC[C@H]1c1nc2c([nH]1)CCc1c-2ccc2c1OCc1cc(-c3cnc([C@@H]4CCCN4C(=O)OC(C)(C)C)[nH]3)ccc1-2)C(C)C. The van der Waals surface area contributed by atoms with Crippen LogP contribution in [-0.2, 0) is 33.7 Å². The van der Waals surface area contributed by atoms with Crippen molar-refractivity contribution in [3.8, 4) is 39.4 Å². The van der Waals surface area contributed by atoms with Gasteiger partial charge in [-0.2, -0.15) is 0 Å². The minimum absolute atomic E-state index is 0.101. The number of aryl methyl sites for hydroxylation is 1. The zero-order chi connectivity index (χ0) is 37.9. The summed E-state index contributed by atoms with van der Waals surface area (Å²) in [4.78, 5) is 59.2. The quantitative estimate of drug-likeness (QED) is 0.187. The maximum absolute atomic E-state index is 13.7. The Labute approximate surface area is 315 Å². The summed E-state index contributed by atoms with van der Waals surface area (Å²) in [5.41, 5.74) is 8.83. The number of alkyl carbamates (subject to hydrolysis) is 1. The van der Waals surface area contributed by atoms with Gasteiger partial charge in [0, 0.05) is 35.5 Å². The first-order chi connectivity index (χ1) is 25.9. The van der Waals surface area contributed by atoms with Gasteiger partial charge in [-0.05, 0) is 94.0 Å². The minimum atomic E-state index is -0.684. The number of rotatable bonds is 6. The molecule has 5 heterocycles. The predicted octanol–water partition coefficient (Wildman–Crippen LogP) is 7.24. The highest BCUT2D eigenvalue weighted by Gasteiger charge is 2.39. The van der Waals surface area contributed by atoms with Gasteiger partial charge in [-0.25, -0.2) is 19.6 Å². The lowest BCUT2D eigenvalue weighted by atomic mass is 9.86. The Balaban J connectivity index is 1.02. The van der Waals surface area contributed by atoms with Crippen molar-refractivity contribution in [2.45, 2.75) is 103 Å². The summed E-state index contributed by atoms with van der Waals surface area (Å²) in [7, 11) is 1.30. The zero-order valence-corrected chi connectivity index (χ0v) is 31.9. The normalized spacial score (nSPS) is 19.4. The Bertz CT molecular complexity index is 2110. The van der Waals surface area contributed by atoms with E-state index in [0.717, 1.165) is 106 Å². The number of fused-ring (bicyclic) bond motifs is 7. The Hall–Kier alpha value is -5.33. The molecule has 2 aromatic carbocycles. The van der Waals surface area contributed by atoms with Crippen molar-refractivity contribution in [2.24, 2.45) is 5.92 Å². The molecule has 4 aliphatic rings. The number of hydrogen-bond acceptors (Lipinski definition) is 8. The maximum Gasteiger partial charge on any atom is 0.410 e. The van der Waals surface area contributed by atoms with Crippen molar-refractivity contribution < 1.29 is 28.6 Å². The number of H-pyrrole nitrogens is 2. The summed E-state index contributed by atoms with van der Waals surface area (Å²) < 4.78 is 17.0. The van der Waals surface area contributed by atoms with Crippen LogP contribution in [0.2, 0.25) is 0 Å². The van der Waals surface area contributed by atoms with Crippen molar-refractivity contribution in [2.75, 3.05) is 20.2 Å². The molecule has 13 nitrogen and oxygen atoms in total. The molecule has 4 aromatic rings. The molecule has 0 radical (unpaired) electrons. The van der Waals surface area contributed by atoms with E-state index in [1.54, 1.807) is 4.90 Å². The van der Waals surface area contributed by atoms with Crippen LogP contribution in [-0.4, -0.2) is 79.7 Å². The van der Waals surface area contributed by atoms with Gasteiger partial charge in [-0.1, -0.05) is 32.0 Å². The molecule has 3 atom stereocenters. The summed E-state index contributed by atoms with van der Waals surface area (Å²) in [6.45, 7) is 11.2. The lowest BCUT2D eigenvalue weighted by Gasteiger charge is -2.30. The summed E-state index contributed by atoms with van der Waals surface area (Å²) in [6.07, 6.45) is 5.91. The first-order valence-corrected chi connectivity index (χ1v) is 19.1. The second-order valence-corrected chi connectivity index (χ2v) is 16.1. The van der Waals surface area contributed by atoms with Gasteiger partial charge in [0.05, 0.1) is 36.8 Å². The number of carbonyl (C=O) groups excluding carboxylic acids is 3. The highest BCUT2D eigenvalue weighted by Crippen LogP contribution is 2.47. The van der Waals surface area contributed by atoms with Crippen LogP contribution in [0.15, 0.2) is 36.5 Å². The van der Waals surface area contributed by atoms with Gasteiger partial charge in [0.15, 0.2) is 0 Å². The average molecular weight is 736 g/mol. The molecule has 284 valence electrons. The van der Waals surface area contributed by atoms with Crippen LogP contribution >= 0.6 is 0 Å². The molecule has 8 rings (SSSR count). The molecular formula is C41H49N7O6. The van der Waals surface area contributed by atoms with Crippen LogP contribution in [0, 0.1) is 5.92 Å². The van der Waals surface area contributed by atoms with Gasteiger partial charge in [-0.15, -0.1) is 0 Å². The van der Waals surface area contributed by atoms with Gasteiger partial charge < -0.3 is 34.4 Å². The molecule has 0 unspecified atom stereocenters. The maximum atomic E-state index is 13.7. The zero-order valence-electron chi connectivity index (χ0n) is 31.9. The first-order valence-electron chi connectivity index (χ1n) is 19.1. The molecule has 0 saturated carbocycles. The van der Waals surface area contributed by atoms with E-state index in [2.05, 4.69) is 45.6 Å². The molecule has 1 aliphatic carbocycles. The van der Waals surface area contributed by atoms with E-state index in [1.807, 2.05) is 45.7 Å². The van der Waals surface area contributed by atoms with Crippen molar-refractivity contribution in [3.63, 3.8) is 0 Å². The Morgan fingerprint density at radius 2 is 1.67 bits per heavy atom. The molecular weight excluding hydrogens is 686 g/mol. The molecule has 0 spiro atoms. The molecule has 0 bridgehead atoms. The van der Waals surface area contributed by atoms with Crippen LogP contribution in [0.3, 0.4) is 0 Å². The summed E-state index contributed by atoms with van der Waals surface area (Å²) >= 11 is 0. The second-order valence-electron chi connectivity index (χ2n) is 16.1. The number of methoxy groups -OCH3 is 1. The third kappa shape index (κ3) is 6.47. The van der Waals surface area contributed by atoms with Crippen LogP contribution in [0.1, 0.15) is 101 Å². The van der Waals surface area contributed by atoms with Crippen molar-refractivity contribution in [3.05, 3.63) is 65.0 Å². The topological polar surface area (TPSA) is 155 Å². The summed E-state index contributed by atoms with van der Waals surface area (Å²) in [5, 5.41) is 2.73. The number of amides is 3. The highest BCUT2D eigenvalue weighted by atomic mass is 16.6.